The molecule has 1 N–H and O–H groups in total. The molecule has 2 aromatic rings. The molecule has 3 rings (SSSR count). The van der Waals surface area contributed by atoms with Crippen LogP contribution in [0.1, 0.15) is 31.0 Å². The van der Waals surface area contributed by atoms with E-state index in [0.717, 1.165) is 24.2 Å². The minimum atomic E-state index is -0.763. The Kier molecular flexibility index (Phi) is 2.77. The van der Waals surface area contributed by atoms with Gasteiger partial charge in [0, 0.05) is 19.0 Å². The first-order valence-electron chi connectivity index (χ1n) is 6.42. The lowest BCUT2D eigenvalue weighted by molar-refractivity contribution is -0.142. The highest BCUT2D eigenvalue weighted by atomic mass is 19.1. The summed E-state index contributed by atoms with van der Waals surface area (Å²) in [6, 6.07) is 4.48. The highest BCUT2D eigenvalue weighted by Gasteiger charge is 2.36. The molecular weight excluding hydrogens is 247 g/mol. The van der Waals surface area contributed by atoms with E-state index in [1.165, 1.54) is 12.1 Å². The highest BCUT2D eigenvalue weighted by Crippen LogP contribution is 2.40. The van der Waals surface area contributed by atoms with Gasteiger partial charge in [0.1, 0.15) is 11.6 Å². The van der Waals surface area contributed by atoms with Crippen molar-refractivity contribution in [2.75, 3.05) is 0 Å². The first kappa shape index (κ1) is 12.1. The Morgan fingerprint density at radius 2 is 2.26 bits per heavy atom. The monoisotopic (exact) mass is 262 g/mol. The second kappa shape index (κ2) is 4.33. The fourth-order valence-corrected chi connectivity index (χ4v) is 3.09. The lowest BCUT2D eigenvalue weighted by atomic mass is 9.95. The predicted molar refractivity (Wildman–Crippen MR) is 68.4 cm³/mol. The summed E-state index contributed by atoms with van der Waals surface area (Å²) in [6.07, 6.45) is 2.42. The lowest BCUT2D eigenvalue weighted by Gasteiger charge is -2.15. The predicted octanol–water partition coefficient (Wildman–Crippen LogP) is 2.68. The molecule has 5 heteroatoms. The molecule has 100 valence electrons. The van der Waals surface area contributed by atoms with Gasteiger partial charge in [0.15, 0.2) is 0 Å². The van der Waals surface area contributed by atoms with E-state index in [0.29, 0.717) is 11.9 Å². The van der Waals surface area contributed by atoms with Crippen molar-refractivity contribution in [2.45, 2.75) is 25.2 Å². The molecule has 19 heavy (non-hydrogen) atoms. The number of carboxylic acid groups (broad SMARTS) is 1. The minimum absolute atomic E-state index is 0.0713. The molecule has 4 nitrogen and oxygen atoms in total. The van der Waals surface area contributed by atoms with Crippen LogP contribution < -0.4 is 0 Å². The van der Waals surface area contributed by atoms with Crippen molar-refractivity contribution in [1.29, 1.82) is 0 Å². The van der Waals surface area contributed by atoms with E-state index in [2.05, 4.69) is 4.98 Å². The zero-order valence-electron chi connectivity index (χ0n) is 10.6. The average Bonchev–Trinajstić information content (AvgIpc) is 2.94. The topological polar surface area (TPSA) is 55.1 Å². The van der Waals surface area contributed by atoms with Crippen LogP contribution in [0.25, 0.3) is 11.0 Å². The van der Waals surface area contributed by atoms with Gasteiger partial charge in [-0.15, -0.1) is 0 Å². The Labute approximate surface area is 109 Å². The molecule has 1 aromatic carbocycles. The van der Waals surface area contributed by atoms with Crippen LogP contribution in [-0.4, -0.2) is 20.6 Å². The van der Waals surface area contributed by atoms with Crippen molar-refractivity contribution < 1.29 is 14.3 Å². The number of rotatable bonds is 2. The summed E-state index contributed by atoms with van der Waals surface area (Å²) in [5, 5.41) is 9.26. The molecule has 1 aliphatic carbocycles. The molecule has 2 atom stereocenters. The number of nitrogens with zero attached hydrogens (tertiary/aromatic N) is 2. The highest BCUT2D eigenvalue weighted by molar-refractivity contribution is 5.77. The van der Waals surface area contributed by atoms with Crippen molar-refractivity contribution in [3.63, 3.8) is 0 Å². The van der Waals surface area contributed by atoms with Gasteiger partial charge in [-0.25, -0.2) is 9.37 Å². The van der Waals surface area contributed by atoms with Crippen molar-refractivity contribution in [1.82, 2.24) is 9.55 Å². The standard InChI is InChI=1S/C14H15FN2O2/c1-17-12-6-5-8(15)7-11(12)16-13(17)9-3-2-4-10(9)14(18)19/h5-7,9-10H,2-4H2,1H3,(H,18,19). The summed E-state index contributed by atoms with van der Waals surface area (Å²) in [5.74, 6) is -0.775. The Balaban J connectivity index is 2.10. The van der Waals surface area contributed by atoms with Crippen LogP contribution in [0.2, 0.25) is 0 Å². The van der Waals surface area contributed by atoms with E-state index < -0.39 is 5.97 Å². The van der Waals surface area contributed by atoms with Crippen LogP contribution in [-0.2, 0) is 11.8 Å². The number of carboxylic acids is 1. The summed E-state index contributed by atoms with van der Waals surface area (Å²) in [7, 11) is 1.86. The Hall–Kier alpha value is -1.91. The van der Waals surface area contributed by atoms with Crippen LogP contribution in [0.15, 0.2) is 18.2 Å². The Morgan fingerprint density at radius 1 is 1.47 bits per heavy atom. The summed E-state index contributed by atoms with van der Waals surface area (Å²) < 4.78 is 15.1. The SMILES string of the molecule is Cn1c(C2CCCC2C(=O)O)nc2cc(F)ccc21. The fourth-order valence-electron chi connectivity index (χ4n) is 3.09. The summed E-state index contributed by atoms with van der Waals surface area (Å²) in [4.78, 5) is 15.7. The van der Waals surface area contributed by atoms with Crippen LogP contribution in [0.5, 0.6) is 0 Å². The molecule has 1 fully saturated rings. The van der Waals surface area contributed by atoms with Gasteiger partial charge in [-0.1, -0.05) is 6.42 Å². The van der Waals surface area contributed by atoms with Crippen LogP contribution in [0.4, 0.5) is 4.39 Å². The molecule has 1 saturated carbocycles. The van der Waals surface area contributed by atoms with E-state index in [4.69, 9.17) is 0 Å². The molecule has 0 aliphatic heterocycles. The van der Waals surface area contributed by atoms with Gasteiger partial charge in [-0.3, -0.25) is 4.79 Å². The second-order valence-corrected chi connectivity index (χ2v) is 5.14. The number of aromatic nitrogens is 2. The molecular formula is C14H15FN2O2. The quantitative estimate of drug-likeness (QED) is 0.905. The van der Waals surface area contributed by atoms with Crippen molar-refractivity contribution in [2.24, 2.45) is 13.0 Å². The Bertz CT molecular complexity index is 650. The normalized spacial score (nSPS) is 23.1. The second-order valence-electron chi connectivity index (χ2n) is 5.14. The largest absolute Gasteiger partial charge is 0.481 e. The van der Waals surface area contributed by atoms with Crippen LogP contribution >= 0.6 is 0 Å². The first-order valence-corrected chi connectivity index (χ1v) is 6.42. The van der Waals surface area contributed by atoms with Gasteiger partial charge in [-0.2, -0.15) is 0 Å². The zero-order chi connectivity index (χ0) is 13.6. The third-order valence-electron chi connectivity index (χ3n) is 4.04. The van der Waals surface area contributed by atoms with Crippen LogP contribution in [0.3, 0.4) is 0 Å². The first-order chi connectivity index (χ1) is 9.08. The van der Waals surface area contributed by atoms with Gasteiger partial charge in [0.25, 0.3) is 0 Å². The molecule has 0 spiro atoms. The molecule has 1 heterocycles. The summed E-state index contributed by atoms with van der Waals surface area (Å²) in [5.41, 5.74) is 1.43. The third-order valence-corrected chi connectivity index (χ3v) is 4.04. The number of halogens is 1. The van der Waals surface area contributed by atoms with Gasteiger partial charge in [-0.05, 0) is 25.0 Å². The van der Waals surface area contributed by atoms with E-state index in [9.17, 15) is 14.3 Å². The maximum absolute atomic E-state index is 13.2. The smallest absolute Gasteiger partial charge is 0.307 e. The van der Waals surface area contributed by atoms with Crippen molar-refractivity contribution in [3.05, 3.63) is 29.8 Å². The molecule has 2 unspecified atom stereocenters. The minimum Gasteiger partial charge on any atom is -0.481 e. The van der Waals surface area contributed by atoms with E-state index in [-0.39, 0.29) is 17.7 Å². The number of benzene rings is 1. The fraction of sp³-hybridized carbons (Fsp3) is 0.429. The number of aryl methyl sites for hydroxylation is 1. The molecule has 0 bridgehead atoms. The third kappa shape index (κ3) is 1.89. The number of carbonyl (C=O) groups is 1. The van der Waals surface area contributed by atoms with Crippen molar-refractivity contribution in [3.8, 4) is 0 Å². The molecule has 0 saturated heterocycles. The zero-order valence-corrected chi connectivity index (χ0v) is 10.6. The number of fused-ring (bicyclic) bond motifs is 1. The molecule has 0 amide bonds. The maximum Gasteiger partial charge on any atom is 0.307 e. The van der Waals surface area contributed by atoms with Gasteiger partial charge < -0.3 is 9.67 Å². The lowest BCUT2D eigenvalue weighted by Crippen LogP contribution is -2.19. The molecule has 1 aromatic heterocycles. The van der Waals surface area contributed by atoms with E-state index in [1.807, 2.05) is 11.6 Å². The Morgan fingerprint density at radius 3 is 3.00 bits per heavy atom. The average molecular weight is 262 g/mol. The van der Waals surface area contributed by atoms with Gasteiger partial charge in [0.05, 0.1) is 17.0 Å². The molecule has 1 aliphatic rings. The van der Waals surface area contributed by atoms with Gasteiger partial charge >= 0.3 is 5.97 Å². The number of aliphatic carboxylic acids is 1. The summed E-state index contributed by atoms with van der Waals surface area (Å²) in [6.45, 7) is 0. The maximum atomic E-state index is 13.2. The van der Waals surface area contributed by atoms with E-state index >= 15 is 0 Å². The van der Waals surface area contributed by atoms with Gasteiger partial charge in [0.2, 0.25) is 0 Å². The van der Waals surface area contributed by atoms with Crippen molar-refractivity contribution >= 4 is 17.0 Å². The van der Waals surface area contributed by atoms with Crippen LogP contribution in [0, 0.1) is 11.7 Å². The molecule has 0 radical (unpaired) electrons. The summed E-state index contributed by atoms with van der Waals surface area (Å²) >= 11 is 0. The number of hydrogen-bond acceptors (Lipinski definition) is 2. The number of hydrogen-bond donors (Lipinski definition) is 1. The number of imidazole rings is 1. The van der Waals surface area contributed by atoms with E-state index in [1.54, 1.807) is 6.07 Å².